The van der Waals surface area contributed by atoms with Crippen molar-refractivity contribution >= 4 is 23.2 Å². The van der Waals surface area contributed by atoms with Crippen LogP contribution >= 0.6 is 0 Å². The number of aldehydes is 1. The summed E-state index contributed by atoms with van der Waals surface area (Å²) >= 11 is 0. The van der Waals surface area contributed by atoms with Gasteiger partial charge in [0.1, 0.15) is 12.8 Å². The Kier molecular flexibility index (Phi) is 3.46. The zero-order valence-electron chi connectivity index (χ0n) is 10.4. The van der Waals surface area contributed by atoms with Gasteiger partial charge in [-0.25, -0.2) is 0 Å². The molecule has 94 valence electrons. The predicted molar refractivity (Wildman–Crippen MR) is 68.6 cm³/mol. The number of rotatable bonds is 4. The number of ether oxygens (including phenoxy) is 1. The van der Waals surface area contributed by atoms with E-state index in [1.807, 2.05) is 36.7 Å². The van der Waals surface area contributed by atoms with Crippen molar-refractivity contribution in [2.24, 2.45) is 0 Å². The van der Waals surface area contributed by atoms with E-state index in [0.29, 0.717) is 5.56 Å². The fourth-order valence-corrected chi connectivity index (χ4v) is 1.87. The standard InChI is InChI=1S/C14H15NO3/c1-10(2)18-14(17)8-15-6-5-12-7-11(9-16)3-4-13(12)15/h3-7,9-10H,8H2,1-2H3. The molecule has 2 rings (SSSR count). The molecule has 0 aliphatic carbocycles. The molecule has 1 aromatic heterocycles. The minimum atomic E-state index is -0.262. The molecule has 0 bridgehead atoms. The molecule has 0 N–H and O–H groups in total. The summed E-state index contributed by atoms with van der Waals surface area (Å²) in [5.74, 6) is -0.262. The normalized spacial score (nSPS) is 10.8. The van der Waals surface area contributed by atoms with Crippen molar-refractivity contribution < 1.29 is 14.3 Å². The maximum Gasteiger partial charge on any atom is 0.326 e. The molecule has 0 atom stereocenters. The monoisotopic (exact) mass is 245 g/mol. The Morgan fingerprint density at radius 1 is 1.39 bits per heavy atom. The molecule has 0 amide bonds. The van der Waals surface area contributed by atoms with Crippen molar-refractivity contribution in [2.75, 3.05) is 0 Å². The lowest BCUT2D eigenvalue weighted by molar-refractivity contribution is -0.148. The number of aromatic nitrogens is 1. The lowest BCUT2D eigenvalue weighted by Gasteiger charge is -2.09. The highest BCUT2D eigenvalue weighted by molar-refractivity contribution is 5.88. The van der Waals surface area contributed by atoms with Gasteiger partial charge >= 0.3 is 5.97 Å². The minimum Gasteiger partial charge on any atom is -0.462 e. The number of hydrogen-bond donors (Lipinski definition) is 0. The number of esters is 1. The van der Waals surface area contributed by atoms with E-state index < -0.39 is 0 Å². The lowest BCUT2D eigenvalue weighted by atomic mass is 10.2. The van der Waals surface area contributed by atoms with Crippen molar-refractivity contribution in [1.82, 2.24) is 4.57 Å². The van der Waals surface area contributed by atoms with Gasteiger partial charge in [-0.05, 0) is 38.1 Å². The quantitative estimate of drug-likeness (QED) is 0.614. The highest BCUT2D eigenvalue weighted by atomic mass is 16.5. The Balaban J connectivity index is 2.24. The molecule has 0 saturated carbocycles. The van der Waals surface area contributed by atoms with E-state index in [-0.39, 0.29) is 18.6 Å². The molecule has 1 heterocycles. The summed E-state index contributed by atoms with van der Waals surface area (Å²) in [7, 11) is 0. The van der Waals surface area contributed by atoms with E-state index in [4.69, 9.17) is 4.74 Å². The van der Waals surface area contributed by atoms with Crippen molar-refractivity contribution in [3.05, 3.63) is 36.0 Å². The first-order valence-electron chi connectivity index (χ1n) is 5.83. The van der Waals surface area contributed by atoms with E-state index in [9.17, 15) is 9.59 Å². The zero-order valence-corrected chi connectivity index (χ0v) is 10.4. The average Bonchev–Trinajstić information content (AvgIpc) is 2.70. The molecule has 4 nitrogen and oxygen atoms in total. The van der Waals surface area contributed by atoms with Crippen LogP contribution in [0.15, 0.2) is 30.5 Å². The predicted octanol–water partition coefficient (Wildman–Crippen LogP) is 2.41. The van der Waals surface area contributed by atoms with Crippen molar-refractivity contribution in [3.8, 4) is 0 Å². The number of nitrogens with zero attached hydrogens (tertiary/aromatic N) is 1. The van der Waals surface area contributed by atoms with Gasteiger partial charge in [0.25, 0.3) is 0 Å². The molecular formula is C14H15NO3. The van der Waals surface area contributed by atoms with E-state index in [1.54, 1.807) is 12.1 Å². The van der Waals surface area contributed by atoms with Crippen LogP contribution in [0.2, 0.25) is 0 Å². The number of hydrogen-bond acceptors (Lipinski definition) is 3. The Morgan fingerprint density at radius 3 is 2.83 bits per heavy atom. The van der Waals surface area contributed by atoms with E-state index in [0.717, 1.165) is 17.2 Å². The second-order valence-corrected chi connectivity index (χ2v) is 4.42. The molecule has 1 aromatic carbocycles. The topological polar surface area (TPSA) is 48.3 Å². The Labute approximate surface area is 105 Å². The van der Waals surface area contributed by atoms with E-state index in [2.05, 4.69) is 0 Å². The van der Waals surface area contributed by atoms with Crippen LogP contribution in [-0.4, -0.2) is 22.9 Å². The van der Waals surface area contributed by atoms with Gasteiger partial charge in [0, 0.05) is 22.7 Å². The number of carbonyl (C=O) groups excluding carboxylic acids is 2. The molecule has 2 aromatic rings. The Bertz CT molecular complexity index is 584. The lowest BCUT2D eigenvalue weighted by Crippen LogP contribution is -2.16. The van der Waals surface area contributed by atoms with E-state index in [1.165, 1.54) is 0 Å². The van der Waals surface area contributed by atoms with E-state index >= 15 is 0 Å². The molecule has 0 aliphatic heterocycles. The van der Waals surface area contributed by atoms with Crippen molar-refractivity contribution in [3.63, 3.8) is 0 Å². The number of fused-ring (bicyclic) bond motifs is 1. The second-order valence-electron chi connectivity index (χ2n) is 4.42. The first-order valence-corrected chi connectivity index (χ1v) is 5.83. The summed E-state index contributed by atoms with van der Waals surface area (Å²) < 4.78 is 6.92. The molecule has 4 heteroatoms. The number of benzene rings is 1. The van der Waals surface area contributed by atoms with Gasteiger partial charge in [-0.2, -0.15) is 0 Å². The van der Waals surface area contributed by atoms with Crippen LogP contribution in [0, 0.1) is 0 Å². The molecule has 0 radical (unpaired) electrons. The summed E-state index contributed by atoms with van der Waals surface area (Å²) in [6.07, 6.45) is 2.52. The van der Waals surface area contributed by atoms with Crippen molar-refractivity contribution in [1.29, 1.82) is 0 Å². The van der Waals surface area contributed by atoms with Gasteiger partial charge < -0.3 is 9.30 Å². The Morgan fingerprint density at radius 2 is 2.17 bits per heavy atom. The maximum atomic E-state index is 11.6. The van der Waals surface area contributed by atoms with Crippen LogP contribution in [-0.2, 0) is 16.1 Å². The third-order valence-corrected chi connectivity index (χ3v) is 2.60. The van der Waals surface area contributed by atoms with Crippen LogP contribution < -0.4 is 0 Å². The Hall–Kier alpha value is -2.10. The maximum absolute atomic E-state index is 11.6. The molecule has 0 saturated heterocycles. The SMILES string of the molecule is CC(C)OC(=O)Cn1ccc2cc(C=O)ccc21. The summed E-state index contributed by atoms with van der Waals surface area (Å²) in [5, 5.41) is 0.942. The van der Waals surface area contributed by atoms with Gasteiger partial charge in [0.2, 0.25) is 0 Å². The van der Waals surface area contributed by atoms with Gasteiger partial charge in [0.05, 0.1) is 6.10 Å². The van der Waals surface area contributed by atoms with Crippen LogP contribution in [0.4, 0.5) is 0 Å². The van der Waals surface area contributed by atoms with Crippen molar-refractivity contribution in [2.45, 2.75) is 26.5 Å². The third-order valence-electron chi connectivity index (χ3n) is 2.60. The molecule has 0 fully saturated rings. The van der Waals surface area contributed by atoms with Crippen LogP contribution in [0.1, 0.15) is 24.2 Å². The first-order chi connectivity index (χ1) is 8.60. The van der Waals surface area contributed by atoms with Gasteiger partial charge in [-0.15, -0.1) is 0 Å². The summed E-state index contributed by atoms with van der Waals surface area (Å²) in [6, 6.07) is 7.25. The van der Waals surface area contributed by atoms with Gasteiger partial charge in [-0.1, -0.05) is 0 Å². The second kappa shape index (κ2) is 5.04. The molecule has 18 heavy (non-hydrogen) atoms. The van der Waals surface area contributed by atoms with Crippen LogP contribution in [0.25, 0.3) is 10.9 Å². The highest BCUT2D eigenvalue weighted by Gasteiger charge is 2.09. The molecule has 0 spiro atoms. The fraction of sp³-hybridized carbons (Fsp3) is 0.286. The largest absolute Gasteiger partial charge is 0.462 e. The minimum absolute atomic E-state index is 0.110. The highest BCUT2D eigenvalue weighted by Crippen LogP contribution is 2.17. The smallest absolute Gasteiger partial charge is 0.326 e. The van der Waals surface area contributed by atoms with Gasteiger partial charge in [-0.3, -0.25) is 9.59 Å². The summed E-state index contributed by atoms with van der Waals surface area (Å²) in [4.78, 5) is 22.3. The molecule has 0 unspecified atom stereocenters. The van der Waals surface area contributed by atoms with Crippen LogP contribution in [0.5, 0.6) is 0 Å². The third kappa shape index (κ3) is 2.59. The number of carbonyl (C=O) groups is 2. The zero-order chi connectivity index (χ0) is 13.1. The van der Waals surface area contributed by atoms with Crippen LogP contribution in [0.3, 0.4) is 0 Å². The van der Waals surface area contributed by atoms with Gasteiger partial charge in [0.15, 0.2) is 0 Å². The summed E-state index contributed by atoms with van der Waals surface area (Å²) in [5.41, 5.74) is 1.55. The first kappa shape index (κ1) is 12.4. The molecule has 0 aliphatic rings. The average molecular weight is 245 g/mol. The molecular weight excluding hydrogens is 230 g/mol. The fourth-order valence-electron chi connectivity index (χ4n) is 1.87. The summed E-state index contributed by atoms with van der Waals surface area (Å²) in [6.45, 7) is 3.83.